The highest BCUT2D eigenvalue weighted by atomic mass is 16.5. The maximum Gasteiger partial charge on any atom is 0.306 e. The fraction of sp³-hybridized carbons (Fsp3) is 0.962. The first-order valence-electron chi connectivity index (χ1n) is 12.9. The van der Waals surface area contributed by atoms with Crippen molar-refractivity contribution in [1.82, 2.24) is 0 Å². The molecule has 0 amide bonds. The molecule has 0 bridgehead atoms. The number of esters is 1. The average molecular weight is 413 g/mol. The van der Waals surface area contributed by atoms with Crippen molar-refractivity contribution in [2.45, 2.75) is 161 Å². The van der Waals surface area contributed by atoms with Crippen LogP contribution in [0.5, 0.6) is 0 Å². The van der Waals surface area contributed by atoms with E-state index in [1.54, 1.807) is 0 Å². The summed E-state index contributed by atoms with van der Waals surface area (Å²) < 4.78 is 5.48. The number of carbonyl (C=O) groups is 1. The van der Waals surface area contributed by atoms with Crippen molar-refractivity contribution in [3.63, 3.8) is 0 Å². The summed E-state index contributed by atoms with van der Waals surface area (Å²) in [7, 11) is 0. The van der Waals surface area contributed by atoms with E-state index in [2.05, 4.69) is 6.92 Å². The van der Waals surface area contributed by atoms with Gasteiger partial charge in [0.05, 0.1) is 12.2 Å². The molecule has 0 aliphatic carbocycles. The molecular weight excluding hydrogens is 360 g/mol. The van der Waals surface area contributed by atoms with E-state index in [-0.39, 0.29) is 18.2 Å². The van der Waals surface area contributed by atoms with E-state index >= 15 is 0 Å². The third-order valence-electron chi connectivity index (χ3n) is 5.80. The topological polar surface area (TPSA) is 46.5 Å². The van der Waals surface area contributed by atoms with Gasteiger partial charge in [-0.3, -0.25) is 4.79 Å². The summed E-state index contributed by atoms with van der Waals surface area (Å²) in [5, 5.41) is 9.24. The standard InChI is InChI=1S/C26H52O3/c1-4-5-6-7-8-9-10-11-12-13-14-15-16-17-18-23-26(28)29-25(3)22-20-19-21-24(2)27/h24-25,27H,4-23H2,1-3H3. The average Bonchev–Trinajstić information content (AvgIpc) is 2.68. The number of carbonyl (C=O) groups excluding carboxylic acids is 1. The fourth-order valence-corrected chi connectivity index (χ4v) is 3.85. The van der Waals surface area contributed by atoms with Crippen molar-refractivity contribution in [1.29, 1.82) is 0 Å². The molecule has 3 nitrogen and oxygen atoms in total. The van der Waals surface area contributed by atoms with E-state index in [0.717, 1.165) is 38.5 Å². The molecule has 0 heterocycles. The van der Waals surface area contributed by atoms with E-state index in [9.17, 15) is 9.90 Å². The summed E-state index contributed by atoms with van der Waals surface area (Å²) in [5.74, 6) is -0.0391. The molecule has 0 aromatic heterocycles. The van der Waals surface area contributed by atoms with Crippen LogP contribution in [0.1, 0.15) is 149 Å². The molecule has 0 saturated carbocycles. The Kier molecular flexibility index (Phi) is 21.7. The van der Waals surface area contributed by atoms with Crippen molar-refractivity contribution in [2.75, 3.05) is 0 Å². The Bertz CT molecular complexity index is 341. The zero-order chi connectivity index (χ0) is 21.6. The second kappa shape index (κ2) is 22.1. The van der Waals surface area contributed by atoms with Crippen LogP contribution in [0.2, 0.25) is 0 Å². The van der Waals surface area contributed by atoms with Crippen molar-refractivity contribution in [2.24, 2.45) is 0 Å². The summed E-state index contributed by atoms with van der Waals surface area (Å²) >= 11 is 0. The first-order chi connectivity index (χ1) is 14.1. The number of aliphatic hydroxyl groups is 1. The lowest BCUT2D eigenvalue weighted by atomic mass is 10.0. The summed E-state index contributed by atoms with van der Waals surface area (Å²) in [5.41, 5.74) is 0. The Balaban J connectivity index is 3.26. The minimum Gasteiger partial charge on any atom is -0.463 e. The lowest BCUT2D eigenvalue weighted by Crippen LogP contribution is -2.14. The molecule has 174 valence electrons. The number of hydrogen-bond acceptors (Lipinski definition) is 3. The van der Waals surface area contributed by atoms with Crippen molar-refractivity contribution in [3.8, 4) is 0 Å². The molecule has 0 aliphatic rings. The molecule has 29 heavy (non-hydrogen) atoms. The van der Waals surface area contributed by atoms with Crippen LogP contribution in [-0.2, 0) is 9.53 Å². The monoisotopic (exact) mass is 412 g/mol. The highest BCUT2D eigenvalue weighted by molar-refractivity contribution is 5.69. The lowest BCUT2D eigenvalue weighted by molar-refractivity contribution is -0.148. The Morgan fingerprint density at radius 2 is 1.07 bits per heavy atom. The number of hydrogen-bond donors (Lipinski definition) is 1. The van der Waals surface area contributed by atoms with Gasteiger partial charge in [0.15, 0.2) is 0 Å². The van der Waals surface area contributed by atoms with E-state index < -0.39 is 0 Å². The van der Waals surface area contributed by atoms with Gasteiger partial charge in [0.1, 0.15) is 0 Å². The van der Waals surface area contributed by atoms with Crippen molar-refractivity contribution < 1.29 is 14.6 Å². The van der Waals surface area contributed by atoms with Crippen LogP contribution < -0.4 is 0 Å². The Morgan fingerprint density at radius 1 is 0.655 bits per heavy atom. The minimum atomic E-state index is -0.224. The van der Waals surface area contributed by atoms with Crippen LogP contribution in [0.25, 0.3) is 0 Å². The highest BCUT2D eigenvalue weighted by Crippen LogP contribution is 2.14. The molecular formula is C26H52O3. The van der Waals surface area contributed by atoms with E-state index in [1.807, 2.05) is 13.8 Å². The molecule has 0 aromatic carbocycles. The van der Waals surface area contributed by atoms with Gasteiger partial charge < -0.3 is 9.84 Å². The van der Waals surface area contributed by atoms with Gasteiger partial charge in [-0.25, -0.2) is 0 Å². The van der Waals surface area contributed by atoms with Gasteiger partial charge in [-0.05, 0) is 39.5 Å². The Labute approximate surface area is 182 Å². The Hall–Kier alpha value is -0.570. The highest BCUT2D eigenvalue weighted by Gasteiger charge is 2.09. The van der Waals surface area contributed by atoms with E-state index in [4.69, 9.17) is 4.74 Å². The summed E-state index contributed by atoms with van der Waals surface area (Å²) in [6.45, 7) is 6.08. The Morgan fingerprint density at radius 3 is 1.52 bits per heavy atom. The van der Waals surface area contributed by atoms with Crippen molar-refractivity contribution >= 4 is 5.97 Å². The molecule has 0 spiro atoms. The fourth-order valence-electron chi connectivity index (χ4n) is 3.85. The van der Waals surface area contributed by atoms with E-state index in [0.29, 0.717) is 6.42 Å². The molecule has 1 N–H and O–H groups in total. The van der Waals surface area contributed by atoms with Crippen LogP contribution in [0.3, 0.4) is 0 Å². The predicted molar refractivity (Wildman–Crippen MR) is 125 cm³/mol. The first kappa shape index (κ1) is 28.4. The van der Waals surface area contributed by atoms with Crippen molar-refractivity contribution in [3.05, 3.63) is 0 Å². The SMILES string of the molecule is CCCCCCCCCCCCCCCCCC(=O)OC(C)CCCCC(C)O. The maximum atomic E-state index is 11.9. The molecule has 2 unspecified atom stereocenters. The zero-order valence-electron chi connectivity index (χ0n) is 20.1. The number of rotatable bonds is 22. The lowest BCUT2D eigenvalue weighted by Gasteiger charge is -2.13. The van der Waals surface area contributed by atoms with Gasteiger partial charge in [-0.1, -0.05) is 103 Å². The zero-order valence-corrected chi connectivity index (χ0v) is 20.1. The maximum absolute atomic E-state index is 11.9. The number of aliphatic hydroxyl groups excluding tert-OH is 1. The summed E-state index contributed by atoms with van der Waals surface area (Å²) in [6.07, 6.45) is 24.2. The molecule has 0 fully saturated rings. The summed E-state index contributed by atoms with van der Waals surface area (Å²) in [4.78, 5) is 11.9. The smallest absolute Gasteiger partial charge is 0.306 e. The molecule has 0 aromatic rings. The second-order valence-electron chi connectivity index (χ2n) is 9.13. The quantitative estimate of drug-likeness (QED) is 0.144. The van der Waals surface area contributed by atoms with Gasteiger partial charge in [0.2, 0.25) is 0 Å². The third kappa shape index (κ3) is 23.6. The predicted octanol–water partition coefficient (Wildman–Crippen LogP) is 8.12. The van der Waals surface area contributed by atoms with Crippen LogP contribution in [0.4, 0.5) is 0 Å². The van der Waals surface area contributed by atoms with Gasteiger partial charge in [0.25, 0.3) is 0 Å². The minimum absolute atomic E-state index is 0.00726. The summed E-state index contributed by atoms with van der Waals surface area (Å²) in [6, 6.07) is 0. The molecule has 3 heteroatoms. The largest absolute Gasteiger partial charge is 0.463 e. The molecule has 0 aliphatic heterocycles. The number of unbranched alkanes of at least 4 members (excludes halogenated alkanes) is 15. The normalized spacial score (nSPS) is 13.4. The molecule has 0 radical (unpaired) electrons. The second-order valence-corrected chi connectivity index (χ2v) is 9.13. The van der Waals surface area contributed by atoms with Gasteiger partial charge in [-0.2, -0.15) is 0 Å². The molecule has 2 atom stereocenters. The van der Waals surface area contributed by atoms with Crippen LogP contribution in [0.15, 0.2) is 0 Å². The van der Waals surface area contributed by atoms with Gasteiger partial charge in [-0.15, -0.1) is 0 Å². The third-order valence-corrected chi connectivity index (χ3v) is 5.80. The first-order valence-corrected chi connectivity index (χ1v) is 12.9. The van der Waals surface area contributed by atoms with Gasteiger partial charge >= 0.3 is 5.97 Å². The molecule has 0 saturated heterocycles. The van der Waals surface area contributed by atoms with Crippen LogP contribution in [-0.4, -0.2) is 23.3 Å². The van der Waals surface area contributed by atoms with Crippen LogP contribution >= 0.6 is 0 Å². The van der Waals surface area contributed by atoms with E-state index in [1.165, 1.54) is 83.5 Å². The molecule has 0 rings (SSSR count). The number of ether oxygens (including phenoxy) is 1. The van der Waals surface area contributed by atoms with Crippen LogP contribution in [0, 0.1) is 0 Å². The van der Waals surface area contributed by atoms with Gasteiger partial charge in [0, 0.05) is 6.42 Å².